The summed E-state index contributed by atoms with van der Waals surface area (Å²) in [4.78, 5) is 21.4. The Morgan fingerprint density at radius 1 is 1.07 bits per heavy atom. The lowest BCUT2D eigenvalue weighted by Gasteiger charge is -2.33. The van der Waals surface area contributed by atoms with Crippen LogP contribution in [0.15, 0.2) is 42.6 Å². The van der Waals surface area contributed by atoms with Crippen LogP contribution >= 0.6 is 0 Å². The number of hydrogen-bond donors (Lipinski definition) is 1. The van der Waals surface area contributed by atoms with Crippen molar-refractivity contribution in [1.29, 1.82) is 0 Å². The number of pyridine rings is 1. The van der Waals surface area contributed by atoms with Gasteiger partial charge in [-0.05, 0) is 50.4 Å². The van der Waals surface area contributed by atoms with E-state index in [9.17, 15) is 4.79 Å². The van der Waals surface area contributed by atoms with Crippen LogP contribution in [0.3, 0.4) is 0 Å². The minimum Gasteiger partial charge on any atom is -0.497 e. The van der Waals surface area contributed by atoms with Crippen LogP contribution in [0.25, 0.3) is 0 Å². The lowest BCUT2D eigenvalue weighted by atomic mass is 10.3. The first kappa shape index (κ1) is 19.0. The van der Waals surface area contributed by atoms with Crippen molar-refractivity contribution >= 4 is 17.4 Å². The molecule has 144 valence electrons. The molecule has 0 saturated carbocycles. The predicted molar refractivity (Wildman–Crippen MR) is 106 cm³/mol. The number of ether oxygens (including phenoxy) is 2. The molecule has 27 heavy (non-hydrogen) atoms. The lowest BCUT2D eigenvalue weighted by Crippen LogP contribution is -2.44. The number of rotatable bonds is 6. The smallest absolute Gasteiger partial charge is 0.265 e. The van der Waals surface area contributed by atoms with Gasteiger partial charge in [0, 0.05) is 26.2 Å². The van der Waals surface area contributed by atoms with E-state index in [0.29, 0.717) is 11.4 Å². The lowest BCUT2D eigenvalue weighted by molar-refractivity contribution is -0.122. The monoisotopic (exact) mass is 370 g/mol. The third kappa shape index (κ3) is 5.10. The molecule has 1 amide bonds. The molecule has 2 heterocycles. The van der Waals surface area contributed by atoms with Gasteiger partial charge in [-0.2, -0.15) is 0 Å². The zero-order chi connectivity index (χ0) is 19.2. The van der Waals surface area contributed by atoms with E-state index in [2.05, 4.69) is 27.1 Å². The molecule has 2 aromatic rings. The molecule has 1 fully saturated rings. The van der Waals surface area contributed by atoms with E-state index in [1.54, 1.807) is 44.5 Å². The molecule has 0 radical (unpaired) electrons. The fraction of sp³-hybridized carbons (Fsp3) is 0.400. The van der Waals surface area contributed by atoms with Gasteiger partial charge in [0.15, 0.2) is 6.10 Å². The quantitative estimate of drug-likeness (QED) is 0.841. The molecule has 7 heteroatoms. The minimum absolute atomic E-state index is 0.222. The highest BCUT2D eigenvalue weighted by molar-refractivity contribution is 5.94. The molecular formula is C20H26N4O3. The number of anilines is 2. The van der Waals surface area contributed by atoms with Crippen molar-refractivity contribution in [1.82, 2.24) is 9.88 Å². The molecule has 0 aliphatic carbocycles. The van der Waals surface area contributed by atoms with Crippen LogP contribution in [0, 0.1) is 0 Å². The standard InChI is InChI=1S/C20H26N4O3/c1-15(27-18-7-5-17(26-3)6-8-18)20(25)22-16-4-9-19(21-14-16)24-12-10-23(2)11-13-24/h4-9,14-15H,10-13H2,1-3H3,(H,22,25). The molecule has 1 atom stereocenters. The third-order valence-electron chi connectivity index (χ3n) is 4.58. The molecule has 1 N–H and O–H groups in total. The molecule has 1 aromatic heterocycles. The Bertz CT molecular complexity index is 741. The molecule has 0 bridgehead atoms. The molecule has 7 nitrogen and oxygen atoms in total. The van der Waals surface area contributed by atoms with Gasteiger partial charge in [-0.15, -0.1) is 0 Å². The maximum atomic E-state index is 12.4. The molecule has 1 aromatic carbocycles. The van der Waals surface area contributed by atoms with Gasteiger partial charge in [0.2, 0.25) is 0 Å². The molecule has 3 rings (SSSR count). The van der Waals surface area contributed by atoms with Crippen LogP contribution in [0.1, 0.15) is 6.92 Å². The Labute approximate surface area is 159 Å². The molecule has 1 saturated heterocycles. The number of carbonyl (C=O) groups excluding carboxylic acids is 1. The maximum Gasteiger partial charge on any atom is 0.265 e. The summed E-state index contributed by atoms with van der Waals surface area (Å²) in [6, 6.07) is 10.9. The van der Waals surface area contributed by atoms with Gasteiger partial charge >= 0.3 is 0 Å². The summed E-state index contributed by atoms with van der Waals surface area (Å²) in [6.07, 6.45) is 1.06. The van der Waals surface area contributed by atoms with Gasteiger partial charge in [0.25, 0.3) is 5.91 Å². The van der Waals surface area contributed by atoms with E-state index < -0.39 is 6.10 Å². The van der Waals surface area contributed by atoms with Crippen molar-refractivity contribution in [2.75, 3.05) is 50.6 Å². The number of piperazine rings is 1. The van der Waals surface area contributed by atoms with E-state index in [1.807, 2.05) is 12.1 Å². The maximum absolute atomic E-state index is 12.4. The number of amides is 1. The average molecular weight is 370 g/mol. The Hall–Kier alpha value is -2.80. The van der Waals surface area contributed by atoms with E-state index in [0.717, 1.165) is 37.7 Å². The Kier molecular flexibility index (Phi) is 6.13. The number of aromatic nitrogens is 1. The summed E-state index contributed by atoms with van der Waals surface area (Å²) >= 11 is 0. The van der Waals surface area contributed by atoms with E-state index >= 15 is 0 Å². The zero-order valence-electron chi connectivity index (χ0n) is 16.0. The van der Waals surface area contributed by atoms with Crippen LogP contribution in [0.4, 0.5) is 11.5 Å². The van der Waals surface area contributed by atoms with Crippen LogP contribution < -0.4 is 19.7 Å². The number of hydrogen-bond acceptors (Lipinski definition) is 6. The number of nitrogens with zero attached hydrogens (tertiary/aromatic N) is 3. The second kappa shape index (κ2) is 8.73. The summed E-state index contributed by atoms with van der Waals surface area (Å²) in [5, 5.41) is 2.84. The van der Waals surface area contributed by atoms with Crippen molar-refractivity contribution < 1.29 is 14.3 Å². The Balaban J connectivity index is 1.53. The normalized spacial score (nSPS) is 15.9. The average Bonchev–Trinajstić information content (AvgIpc) is 2.70. The van der Waals surface area contributed by atoms with Gasteiger partial charge in [-0.3, -0.25) is 4.79 Å². The molecular weight excluding hydrogens is 344 g/mol. The van der Waals surface area contributed by atoms with Crippen LogP contribution in [0.2, 0.25) is 0 Å². The summed E-state index contributed by atoms with van der Waals surface area (Å²) in [7, 11) is 3.73. The molecule has 1 aliphatic heterocycles. The highest BCUT2D eigenvalue weighted by atomic mass is 16.5. The second-order valence-corrected chi connectivity index (χ2v) is 6.62. The van der Waals surface area contributed by atoms with Crippen molar-refractivity contribution in [3.63, 3.8) is 0 Å². The number of nitrogens with one attached hydrogen (secondary N) is 1. The van der Waals surface area contributed by atoms with Crippen molar-refractivity contribution in [2.45, 2.75) is 13.0 Å². The first-order valence-electron chi connectivity index (χ1n) is 9.06. The Morgan fingerprint density at radius 2 is 1.74 bits per heavy atom. The molecule has 1 unspecified atom stereocenters. The highest BCUT2D eigenvalue weighted by Crippen LogP contribution is 2.19. The van der Waals surface area contributed by atoms with Crippen LogP contribution in [-0.4, -0.2) is 62.2 Å². The number of methoxy groups -OCH3 is 1. The molecule has 1 aliphatic rings. The summed E-state index contributed by atoms with van der Waals surface area (Å²) < 4.78 is 10.8. The van der Waals surface area contributed by atoms with Crippen LogP contribution in [-0.2, 0) is 4.79 Å². The second-order valence-electron chi connectivity index (χ2n) is 6.62. The minimum atomic E-state index is -0.629. The first-order chi connectivity index (χ1) is 13.0. The van der Waals surface area contributed by atoms with Crippen molar-refractivity contribution in [3.8, 4) is 11.5 Å². The van der Waals surface area contributed by atoms with E-state index in [4.69, 9.17) is 9.47 Å². The zero-order valence-corrected chi connectivity index (χ0v) is 16.0. The summed E-state index contributed by atoms with van der Waals surface area (Å²) in [5.74, 6) is 2.07. The first-order valence-corrected chi connectivity index (χ1v) is 9.06. The van der Waals surface area contributed by atoms with Gasteiger partial charge < -0.3 is 24.6 Å². The fourth-order valence-electron chi connectivity index (χ4n) is 2.84. The van der Waals surface area contributed by atoms with Gasteiger partial charge in [-0.25, -0.2) is 4.98 Å². The largest absolute Gasteiger partial charge is 0.497 e. The fourth-order valence-corrected chi connectivity index (χ4v) is 2.84. The molecule has 0 spiro atoms. The Morgan fingerprint density at radius 3 is 2.33 bits per heavy atom. The summed E-state index contributed by atoms with van der Waals surface area (Å²) in [6.45, 7) is 5.69. The van der Waals surface area contributed by atoms with Crippen LogP contribution in [0.5, 0.6) is 11.5 Å². The SMILES string of the molecule is COc1ccc(OC(C)C(=O)Nc2ccc(N3CCN(C)CC3)nc2)cc1. The van der Waals surface area contributed by atoms with E-state index in [-0.39, 0.29) is 5.91 Å². The predicted octanol–water partition coefficient (Wildman–Crippen LogP) is 2.25. The van der Waals surface area contributed by atoms with Crippen molar-refractivity contribution in [2.24, 2.45) is 0 Å². The number of likely N-dealkylation sites (N-methyl/N-ethyl adjacent to an activating group) is 1. The van der Waals surface area contributed by atoms with Gasteiger partial charge in [0.1, 0.15) is 17.3 Å². The number of benzene rings is 1. The number of carbonyl (C=O) groups is 1. The van der Waals surface area contributed by atoms with Crippen molar-refractivity contribution in [3.05, 3.63) is 42.6 Å². The third-order valence-corrected chi connectivity index (χ3v) is 4.58. The highest BCUT2D eigenvalue weighted by Gasteiger charge is 2.17. The summed E-state index contributed by atoms with van der Waals surface area (Å²) in [5.41, 5.74) is 0.656. The van der Waals surface area contributed by atoms with E-state index in [1.165, 1.54) is 0 Å². The van der Waals surface area contributed by atoms with Gasteiger partial charge in [-0.1, -0.05) is 0 Å². The van der Waals surface area contributed by atoms with Gasteiger partial charge in [0.05, 0.1) is 19.0 Å². The topological polar surface area (TPSA) is 66.9 Å².